The number of nitrogen functional groups attached to an aromatic ring is 1. The van der Waals surface area contributed by atoms with Crippen molar-refractivity contribution in [1.29, 1.82) is 0 Å². The molecule has 110 valence electrons. The molecule has 1 aromatic carbocycles. The lowest BCUT2D eigenvalue weighted by atomic mass is 10.1. The summed E-state index contributed by atoms with van der Waals surface area (Å²) < 4.78 is 5.14. The van der Waals surface area contributed by atoms with Crippen molar-refractivity contribution in [2.24, 2.45) is 0 Å². The molecule has 6 heteroatoms. The minimum absolute atomic E-state index is 0.00746. The lowest BCUT2D eigenvalue weighted by Crippen LogP contribution is -2.49. The number of rotatable bonds is 4. The molecule has 1 amide bonds. The Balaban J connectivity index is 2.02. The molecule has 0 radical (unpaired) electrons. The van der Waals surface area contributed by atoms with E-state index in [1.54, 1.807) is 18.2 Å². The first kappa shape index (κ1) is 14.6. The molecule has 0 aliphatic carbocycles. The van der Waals surface area contributed by atoms with Crippen LogP contribution in [-0.4, -0.2) is 67.3 Å². The third-order valence-corrected chi connectivity index (χ3v) is 3.56. The SMILES string of the molecule is COc1cc(C(=O)N2CCN(CCO)CC2)ccc1N. The number of ether oxygens (including phenoxy) is 1. The van der Waals surface area contributed by atoms with Crippen LogP contribution in [0.25, 0.3) is 0 Å². The smallest absolute Gasteiger partial charge is 0.254 e. The quantitative estimate of drug-likeness (QED) is 0.760. The molecule has 0 unspecified atom stereocenters. The van der Waals surface area contributed by atoms with E-state index in [0.717, 1.165) is 13.1 Å². The van der Waals surface area contributed by atoms with E-state index >= 15 is 0 Å². The summed E-state index contributed by atoms with van der Waals surface area (Å²) >= 11 is 0. The molecule has 6 nitrogen and oxygen atoms in total. The van der Waals surface area contributed by atoms with Gasteiger partial charge in [0.1, 0.15) is 5.75 Å². The lowest BCUT2D eigenvalue weighted by Gasteiger charge is -2.34. The van der Waals surface area contributed by atoms with Crippen LogP contribution >= 0.6 is 0 Å². The molecule has 0 atom stereocenters. The Morgan fingerprint density at radius 2 is 2.05 bits per heavy atom. The van der Waals surface area contributed by atoms with Crippen LogP contribution in [0.5, 0.6) is 5.75 Å². The molecule has 1 saturated heterocycles. The first-order chi connectivity index (χ1) is 9.65. The molecule has 20 heavy (non-hydrogen) atoms. The van der Waals surface area contributed by atoms with Gasteiger partial charge in [-0.25, -0.2) is 0 Å². The van der Waals surface area contributed by atoms with Gasteiger partial charge in [0.2, 0.25) is 0 Å². The van der Waals surface area contributed by atoms with E-state index in [1.807, 2.05) is 4.90 Å². The minimum Gasteiger partial charge on any atom is -0.495 e. The monoisotopic (exact) mass is 279 g/mol. The molecule has 1 aliphatic rings. The Morgan fingerprint density at radius 1 is 1.35 bits per heavy atom. The number of nitrogens with two attached hydrogens (primary N) is 1. The fourth-order valence-electron chi connectivity index (χ4n) is 2.34. The number of anilines is 1. The van der Waals surface area contributed by atoms with E-state index in [2.05, 4.69) is 4.90 Å². The fraction of sp³-hybridized carbons (Fsp3) is 0.500. The molecule has 0 saturated carbocycles. The Bertz CT molecular complexity index is 471. The van der Waals surface area contributed by atoms with Crippen molar-refractivity contribution in [1.82, 2.24) is 9.80 Å². The molecule has 2 rings (SSSR count). The Hall–Kier alpha value is -1.79. The highest BCUT2D eigenvalue weighted by atomic mass is 16.5. The number of aliphatic hydroxyl groups is 1. The van der Waals surface area contributed by atoms with Gasteiger partial charge in [0.15, 0.2) is 0 Å². The zero-order valence-electron chi connectivity index (χ0n) is 11.7. The van der Waals surface area contributed by atoms with Gasteiger partial charge < -0.3 is 20.5 Å². The standard InChI is InChI=1S/C14H21N3O3/c1-20-13-10-11(2-3-12(13)15)14(19)17-6-4-16(5-7-17)8-9-18/h2-3,10,18H,4-9,15H2,1H3. The summed E-state index contributed by atoms with van der Waals surface area (Å²) in [5.41, 5.74) is 6.86. The molecule has 3 N–H and O–H groups in total. The second kappa shape index (κ2) is 6.58. The second-order valence-electron chi connectivity index (χ2n) is 4.81. The van der Waals surface area contributed by atoms with Gasteiger partial charge in [-0.2, -0.15) is 0 Å². The third kappa shape index (κ3) is 3.20. The van der Waals surface area contributed by atoms with Crippen LogP contribution in [0.4, 0.5) is 5.69 Å². The van der Waals surface area contributed by atoms with Gasteiger partial charge >= 0.3 is 0 Å². The summed E-state index contributed by atoms with van der Waals surface area (Å²) in [5, 5.41) is 8.91. The molecule has 1 aromatic rings. The van der Waals surface area contributed by atoms with E-state index in [-0.39, 0.29) is 12.5 Å². The zero-order chi connectivity index (χ0) is 14.5. The average molecular weight is 279 g/mol. The number of carbonyl (C=O) groups excluding carboxylic acids is 1. The first-order valence-corrected chi connectivity index (χ1v) is 6.71. The molecular formula is C14H21N3O3. The maximum absolute atomic E-state index is 12.4. The van der Waals surface area contributed by atoms with Crippen LogP contribution in [0.1, 0.15) is 10.4 Å². The van der Waals surface area contributed by atoms with Crippen molar-refractivity contribution in [2.75, 3.05) is 52.2 Å². The Kier molecular flexibility index (Phi) is 4.81. The predicted octanol–water partition coefficient (Wildman–Crippen LogP) is 0.0275. The van der Waals surface area contributed by atoms with Gasteiger partial charge in [0.05, 0.1) is 19.4 Å². The molecule has 1 heterocycles. The van der Waals surface area contributed by atoms with Gasteiger partial charge in [-0.1, -0.05) is 0 Å². The van der Waals surface area contributed by atoms with Crippen LogP contribution < -0.4 is 10.5 Å². The summed E-state index contributed by atoms with van der Waals surface area (Å²) in [6.45, 7) is 3.74. The highest BCUT2D eigenvalue weighted by molar-refractivity contribution is 5.95. The molecular weight excluding hydrogens is 258 g/mol. The highest BCUT2D eigenvalue weighted by Gasteiger charge is 2.22. The van der Waals surface area contributed by atoms with Crippen LogP contribution in [-0.2, 0) is 0 Å². The largest absolute Gasteiger partial charge is 0.495 e. The van der Waals surface area contributed by atoms with E-state index in [9.17, 15) is 4.79 Å². The van der Waals surface area contributed by atoms with Gasteiger partial charge in [-0.05, 0) is 18.2 Å². The second-order valence-corrected chi connectivity index (χ2v) is 4.81. The Labute approximate surface area is 118 Å². The van der Waals surface area contributed by atoms with Gasteiger partial charge in [-0.3, -0.25) is 9.69 Å². The van der Waals surface area contributed by atoms with Crippen molar-refractivity contribution >= 4 is 11.6 Å². The van der Waals surface area contributed by atoms with E-state index < -0.39 is 0 Å². The van der Waals surface area contributed by atoms with E-state index in [1.165, 1.54) is 7.11 Å². The molecule has 1 fully saturated rings. The third-order valence-electron chi connectivity index (χ3n) is 3.56. The summed E-state index contributed by atoms with van der Waals surface area (Å²) in [6, 6.07) is 5.09. The maximum Gasteiger partial charge on any atom is 0.254 e. The summed E-state index contributed by atoms with van der Waals surface area (Å²) in [6.07, 6.45) is 0. The number of β-amino-alcohol motifs (C(OH)–C–C–N with tert-alkyl or cyclic N) is 1. The topological polar surface area (TPSA) is 79.0 Å². The van der Waals surface area contributed by atoms with Gasteiger partial charge in [-0.15, -0.1) is 0 Å². The number of benzene rings is 1. The van der Waals surface area contributed by atoms with Crippen molar-refractivity contribution in [3.05, 3.63) is 23.8 Å². The predicted molar refractivity (Wildman–Crippen MR) is 76.8 cm³/mol. The normalized spacial score (nSPS) is 16.2. The van der Waals surface area contributed by atoms with Gasteiger partial charge in [0.25, 0.3) is 5.91 Å². The van der Waals surface area contributed by atoms with Crippen molar-refractivity contribution in [2.45, 2.75) is 0 Å². The number of nitrogens with zero attached hydrogens (tertiary/aromatic N) is 2. The molecule has 1 aliphatic heterocycles. The zero-order valence-corrected chi connectivity index (χ0v) is 11.7. The average Bonchev–Trinajstić information content (AvgIpc) is 2.48. The van der Waals surface area contributed by atoms with Crippen LogP contribution in [0, 0.1) is 0 Å². The van der Waals surface area contributed by atoms with Crippen LogP contribution in [0.15, 0.2) is 18.2 Å². The number of carbonyl (C=O) groups is 1. The van der Waals surface area contributed by atoms with Crippen molar-refractivity contribution in [3.63, 3.8) is 0 Å². The summed E-state index contributed by atoms with van der Waals surface area (Å²) in [4.78, 5) is 16.4. The maximum atomic E-state index is 12.4. The number of hydrogen-bond acceptors (Lipinski definition) is 5. The van der Waals surface area contributed by atoms with Crippen LogP contribution in [0.3, 0.4) is 0 Å². The van der Waals surface area contributed by atoms with E-state index in [0.29, 0.717) is 36.6 Å². The van der Waals surface area contributed by atoms with Crippen molar-refractivity contribution in [3.8, 4) is 5.75 Å². The molecule has 0 aromatic heterocycles. The number of methoxy groups -OCH3 is 1. The number of amides is 1. The fourth-order valence-corrected chi connectivity index (χ4v) is 2.34. The number of aliphatic hydroxyl groups excluding tert-OH is 1. The summed E-state index contributed by atoms with van der Waals surface area (Å²) in [5.74, 6) is 0.515. The number of piperazine rings is 1. The van der Waals surface area contributed by atoms with Crippen molar-refractivity contribution < 1.29 is 14.6 Å². The number of hydrogen-bond donors (Lipinski definition) is 2. The summed E-state index contributed by atoms with van der Waals surface area (Å²) in [7, 11) is 1.54. The van der Waals surface area contributed by atoms with Crippen LogP contribution in [0.2, 0.25) is 0 Å². The van der Waals surface area contributed by atoms with Gasteiger partial charge in [0, 0.05) is 38.3 Å². The Morgan fingerprint density at radius 3 is 2.65 bits per heavy atom. The highest BCUT2D eigenvalue weighted by Crippen LogP contribution is 2.23. The minimum atomic E-state index is -0.00746. The first-order valence-electron chi connectivity index (χ1n) is 6.71. The van der Waals surface area contributed by atoms with E-state index in [4.69, 9.17) is 15.6 Å². The molecule has 0 bridgehead atoms. The lowest BCUT2D eigenvalue weighted by molar-refractivity contribution is 0.0614. The molecule has 0 spiro atoms.